The van der Waals surface area contributed by atoms with Gasteiger partial charge in [-0.05, 0) is 56.3 Å². The molecule has 2 fully saturated rings. The predicted molar refractivity (Wildman–Crippen MR) is 89.3 cm³/mol. The zero-order valence-electron chi connectivity index (χ0n) is 12.7. The Balaban J connectivity index is 1.71. The molecule has 0 unspecified atom stereocenters. The van der Waals surface area contributed by atoms with Crippen LogP contribution in [0.25, 0.3) is 6.08 Å². The first-order chi connectivity index (χ1) is 10.6. The van der Waals surface area contributed by atoms with Crippen LogP contribution in [0.2, 0.25) is 0 Å². The van der Waals surface area contributed by atoms with Gasteiger partial charge in [-0.3, -0.25) is 19.4 Å². The summed E-state index contributed by atoms with van der Waals surface area (Å²) >= 11 is 1.04. The number of rotatable bonds is 3. The van der Waals surface area contributed by atoms with Gasteiger partial charge in [0.15, 0.2) is 0 Å². The smallest absolute Gasteiger partial charge is 0.286 e. The van der Waals surface area contributed by atoms with Gasteiger partial charge < -0.3 is 0 Å². The molecule has 4 nitrogen and oxygen atoms in total. The summed E-state index contributed by atoms with van der Waals surface area (Å²) in [6.07, 6.45) is 5.34. The minimum absolute atomic E-state index is 0.158. The summed E-state index contributed by atoms with van der Waals surface area (Å²) in [7, 11) is 0. The van der Waals surface area contributed by atoms with E-state index in [0.717, 1.165) is 43.3 Å². The van der Waals surface area contributed by atoms with E-state index in [9.17, 15) is 9.59 Å². The quantitative estimate of drug-likeness (QED) is 0.801. The Bertz CT molecular complexity index is 604. The van der Waals surface area contributed by atoms with Crippen molar-refractivity contribution >= 4 is 29.0 Å². The van der Waals surface area contributed by atoms with Gasteiger partial charge in [0, 0.05) is 0 Å². The van der Waals surface area contributed by atoms with Gasteiger partial charge in [-0.2, -0.15) is 0 Å². The normalized spacial score (nSPS) is 21.9. The van der Waals surface area contributed by atoms with Crippen LogP contribution in [0.1, 0.15) is 30.4 Å². The number of thioether (sulfide) groups is 1. The van der Waals surface area contributed by atoms with Crippen LogP contribution in [0.3, 0.4) is 0 Å². The molecule has 0 atom stereocenters. The Morgan fingerprint density at radius 2 is 1.77 bits per heavy atom. The third-order valence-electron chi connectivity index (χ3n) is 4.04. The van der Waals surface area contributed by atoms with Crippen LogP contribution >= 0.6 is 11.8 Å². The molecule has 5 heteroatoms. The molecular formula is C17H20N2O2S. The Hall–Kier alpha value is -1.59. The molecule has 0 saturated carbocycles. The van der Waals surface area contributed by atoms with E-state index in [1.54, 1.807) is 6.08 Å². The highest BCUT2D eigenvalue weighted by molar-refractivity contribution is 8.18. The number of amides is 2. The molecule has 1 aromatic rings. The summed E-state index contributed by atoms with van der Waals surface area (Å²) in [5, 5.41) is -0.158. The fourth-order valence-corrected chi connectivity index (χ4v) is 3.57. The van der Waals surface area contributed by atoms with Crippen LogP contribution in [0.15, 0.2) is 29.2 Å². The number of hydrogen-bond acceptors (Lipinski definition) is 4. The van der Waals surface area contributed by atoms with Gasteiger partial charge in [0.05, 0.1) is 11.6 Å². The van der Waals surface area contributed by atoms with Crippen molar-refractivity contribution in [3.63, 3.8) is 0 Å². The lowest BCUT2D eigenvalue weighted by atomic mass is 10.1. The van der Waals surface area contributed by atoms with Crippen molar-refractivity contribution in [1.82, 2.24) is 9.80 Å². The summed E-state index contributed by atoms with van der Waals surface area (Å²) in [6.45, 7) is 4.39. The molecule has 3 rings (SSSR count). The molecule has 2 aliphatic rings. The Labute approximate surface area is 135 Å². The lowest BCUT2D eigenvalue weighted by Gasteiger charge is -2.29. The van der Waals surface area contributed by atoms with Crippen molar-refractivity contribution < 1.29 is 9.59 Å². The zero-order valence-corrected chi connectivity index (χ0v) is 13.6. The molecule has 1 aromatic carbocycles. The highest BCUT2D eigenvalue weighted by Gasteiger charge is 2.36. The molecule has 0 N–H and O–H groups in total. The molecule has 0 radical (unpaired) electrons. The van der Waals surface area contributed by atoms with Crippen LogP contribution in [-0.2, 0) is 4.79 Å². The molecule has 0 bridgehead atoms. The number of aryl methyl sites for hydroxylation is 1. The maximum atomic E-state index is 12.5. The Morgan fingerprint density at radius 1 is 1.09 bits per heavy atom. The van der Waals surface area contributed by atoms with Crippen molar-refractivity contribution in [3.8, 4) is 0 Å². The number of nitrogens with zero attached hydrogens (tertiary/aromatic N) is 2. The molecule has 2 amide bonds. The van der Waals surface area contributed by atoms with Crippen molar-refractivity contribution in [2.45, 2.75) is 26.2 Å². The number of benzene rings is 1. The molecule has 0 aromatic heterocycles. The van der Waals surface area contributed by atoms with Gasteiger partial charge in [0.25, 0.3) is 11.1 Å². The minimum Gasteiger partial charge on any atom is -0.286 e. The zero-order chi connectivity index (χ0) is 15.5. The van der Waals surface area contributed by atoms with E-state index in [1.165, 1.54) is 16.9 Å². The summed E-state index contributed by atoms with van der Waals surface area (Å²) in [4.78, 5) is 28.6. The standard InChI is InChI=1S/C17H20N2O2S/c1-13-5-7-14(8-6-13)11-15-16(20)19(17(21)22-15)12-18-9-3-2-4-10-18/h5-8,11H,2-4,9-10,12H2,1H3/b15-11-. The number of carbonyl (C=O) groups is 2. The minimum atomic E-state index is -0.166. The maximum absolute atomic E-state index is 12.5. The molecule has 0 spiro atoms. The highest BCUT2D eigenvalue weighted by atomic mass is 32.2. The van der Waals surface area contributed by atoms with E-state index in [-0.39, 0.29) is 11.1 Å². The average molecular weight is 316 g/mol. The summed E-state index contributed by atoms with van der Waals surface area (Å²) < 4.78 is 0. The Morgan fingerprint density at radius 3 is 2.45 bits per heavy atom. The van der Waals surface area contributed by atoms with Crippen molar-refractivity contribution in [3.05, 3.63) is 40.3 Å². The number of imide groups is 1. The first-order valence-electron chi connectivity index (χ1n) is 7.68. The first-order valence-corrected chi connectivity index (χ1v) is 8.49. The van der Waals surface area contributed by atoms with Gasteiger partial charge in [0.2, 0.25) is 0 Å². The largest absolute Gasteiger partial charge is 0.294 e. The summed E-state index contributed by atoms with van der Waals surface area (Å²) in [6, 6.07) is 7.94. The van der Waals surface area contributed by atoms with E-state index in [4.69, 9.17) is 0 Å². The van der Waals surface area contributed by atoms with Crippen LogP contribution in [-0.4, -0.2) is 40.7 Å². The second kappa shape index (κ2) is 6.67. The molecule has 116 valence electrons. The van der Waals surface area contributed by atoms with E-state index in [1.807, 2.05) is 31.2 Å². The predicted octanol–water partition coefficient (Wildman–Crippen LogP) is 3.47. The fourth-order valence-electron chi connectivity index (χ4n) is 2.74. The second-order valence-electron chi connectivity index (χ2n) is 5.84. The van der Waals surface area contributed by atoms with Crippen LogP contribution in [0.5, 0.6) is 0 Å². The van der Waals surface area contributed by atoms with Gasteiger partial charge in [0.1, 0.15) is 0 Å². The molecule has 0 aliphatic carbocycles. The van der Waals surface area contributed by atoms with Crippen LogP contribution in [0.4, 0.5) is 4.79 Å². The van der Waals surface area contributed by atoms with Crippen molar-refractivity contribution in [2.24, 2.45) is 0 Å². The number of hydrogen-bond donors (Lipinski definition) is 0. The van der Waals surface area contributed by atoms with E-state index >= 15 is 0 Å². The second-order valence-corrected chi connectivity index (χ2v) is 6.83. The number of likely N-dealkylation sites (tertiary alicyclic amines) is 1. The molecule has 2 heterocycles. The Kier molecular flexibility index (Phi) is 4.64. The highest BCUT2D eigenvalue weighted by Crippen LogP contribution is 2.32. The van der Waals surface area contributed by atoms with Crippen molar-refractivity contribution in [2.75, 3.05) is 19.8 Å². The molecular weight excluding hydrogens is 296 g/mol. The van der Waals surface area contributed by atoms with E-state index in [0.29, 0.717) is 11.6 Å². The SMILES string of the molecule is Cc1ccc(/C=C2\SC(=O)N(CN3CCCCC3)C2=O)cc1. The van der Waals surface area contributed by atoms with Gasteiger partial charge in [-0.15, -0.1) is 0 Å². The number of piperidine rings is 1. The molecule has 2 aliphatic heterocycles. The fraction of sp³-hybridized carbons (Fsp3) is 0.412. The maximum Gasteiger partial charge on any atom is 0.294 e. The molecule has 2 saturated heterocycles. The lowest BCUT2D eigenvalue weighted by Crippen LogP contribution is -2.42. The first kappa shape index (κ1) is 15.3. The topological polar surface area (TPSA) is 40.6 Å². The van der Waals surface area contributed by atoms with Crippen molar-refractivity contribution in [1.29, 1.82) is 0 Å². The number of carbonyl (C=O) groups excluding carboxylic acids is 2. The average Bonchev–Trinajstić information content (AvgIpc) is 2.78. The van der Waals surface area contributed by atoms with Crippen LogP contribution < -0.4 is 0 Å². The third-order valence-corrected chi connectivity index (χ3v) is 4.95. The van der Waals surface area contributed by atoms with Gasteiger partial charge >= 0.3 is 0 Å². The molecule has 22 heavy (non-hydrogen) atoms. The summed E-state index contributed by atoms with van der Waals surface area (Å²) in [5.74, 6) is -0.166. The van der Waals surface area contributed by atoms with Crippen LogP contribution in [0, 0.1) is 6.92 Å². The third kappa shape index (κ3) is 3.42. The van der Waals surface area contributed by atoms with E-state index in [2.05, 4.69) is 4.90 Å². The summed E-state index contributed by atoms with van der Waals surface area (Å²) in [5.41, 5.74) is 2.13. The van der Waals surface area contributed by atoms with Gasteiger partial charge in [-0.25, -0.2) is 0 Å². The monoisotopic (exact) mass is 316 g/mol. The van der Waals surface area contributed by atoms with Gasteiger partial charge in [-0.1, -0.05) is 36.2 Å². The van der Waals surface area contributed by atoms with E-state index < -0.39 is 0 Å². The lowest BCUT2D eigenvalue weighted by molar-refractivity contribution is -0.124.